The molecule has 140 valence electrons. The molecule has 0 heterocycles. The number of benzene rings is 2. The number of amides is 2. The Labute approximate surface area is 158 Å². The van der Waals surface area contributed by atoms with Gasteiger partial charge in [0, 0.05) is 17.9 Å². The van der Waals surface area contributed by atoms with Crippen molar-refractivity contribution in [2.45, 2.75) is 12.6 Å². The SMILES string of the molecule is NCCCN(C(=O)Nc1ccc(Cl)c(Cl)c1)c1cccc(C(F)(F)F)c1. The van der Waals surface area contributed by atoms with Gasteiger partial charge in [-0.3, -0.25) is 4.90 Å². The van der Waals surface area contributed by atoms with Crippen LogP contribution in [0.15, 0.2) is 42.5 Å². The van der Waals surface area contributed by atoms with Gasteiger partial charge in [0.2, 0.25) is 0 Å². The standard InChI is InChI=1S/C17H16Cl2F3N3O/c18-14-6-5-12(10-15(14)19)24-16(26)25(8-2-7-23)13-4-1-3-11(9-13)17(20,21)22/h1,3-6,9-10H,2,7-8,23H2,(H,24,26). The molecule has 2 aromatic carbocycles. The number of nitrogens with zero attached hydrogens (tertiary/aromatic N) is 1. The van der Waals surface area contributed by atoms with Gasteiger partial charge in [-0.2, -0.15) is 13.2 Å². The van der Waals surface area contributed by atoms with E-state index in [0.717, 1.165) is 12.1 Å². The molecule has 0 aliphatic rings. The average molecular weight is 406 g/mol. The van der Waals surface area contributed by atoms with Gasteiger partial charge in [0.15, 0.2) is 0 Å². The molecule has 0 aliphatic heterocycles. The highest BCUT2D eigenvalue weighted by Crippen LogP contribution is 2.32. The molecule has 4 nitrogen and oxygen atoms in total. The number of alkyl halides is 3. The van der Waals surface area contributed by atoms with E-state index in [0.29, 0.717) is 17.1 Å². The maximum atomic E-state index is 12.9. The third kappa shape index (κ3) is 5.27. The molecule has 0 spiro atoms. The van der Waals surface area contributed by atoms with Crippen molar-refractivity contribution in [3.8, 4) is 0 Å². The Hall–Kier alpha value is -1.96. The van der Waals surface area contributed by atoms with E-state index in [1.165, 1.54) is 29.2 Å². The van der Waals surface area contributed by atoms with E-state index in [2.05, 4.69) is 5.32 Å². The highest BCUT2D eigenvalue weighted by atomic mass is 35.5. The summed E-state index contributed by atoms with van der Waals surface area (Å²) in [5.41, 5.74) is 5.12. The molecule has 9 heteroatoms. The van der Waals surface area contributed by atoms with Gasteiger partial charge in [-0.15, -0.1) is 0 Å². The molecular formula is C17H16Cl2F3N3O. The average Bonchev–Trinajstić information content (AvgIpc) is 2.58. The molecule has 0 radical (unpaired) electrons. The van der Waals surface area contributed by atoms with Gasteiger partial charge in [-0.1, -0.05) is 29.3 Å². The maximum Gasteiger partial charge on any atom is 0.416 e. The van der Waals surface area contributed by atoms with Crippen LogP contribution in [0.25, 0.3) is 0 Å². The van der Waals surface area contributed by atoms with Crippen LogP contribution < -0.4 is 16.0 Å². The minimum absolute atomic E-state index is 0.117. The Balaban J connectivity index is 2.28. The predicted molar refractivity (Wildman–Crippen MR) is 97.9 cm³/mol. The first-order chi connectivity index (χ1) is 12.2. The molecule has 26 heavy (non-hydrogen) atoms. The summed E-state index contributed by atoms with van der Waals surface area (Å²) in [6.45, 7) is 0.445. The van der Waals surface area contributed by atoms with E-state index in [1.54, 1.807) is 6.07 Å². The van der Waals surface area contributed by atoms with Crippen molar-refractivity contribution in [3.05, 3.63) is 58.1 Å². The Bertz CT molecular complexity index is 784. The van der Waals surface area contributed by atoms with Gasteiger partial charge < -0.3 is 11.1 Å². The molecule has 0 aliphatic carbocycles. The Morgan fingerprint density at radius 3 is 2.46 bits per heavy atom. The van der Waals surface area contributed by atoms with Crippen molar-refractivity contribution < 1.29 is 18.0 Å². The summed E-state index contributed by atoms with van der Waals surface area (Å²) in [4.78, 5) is 13.8. The lowest BCUT2D eigenvalue weighted by Gasteiger charge is -2.24. The number of nitrogens with two attached hydrogens (primary N) is 1. The van der Waals surface area contributed by atoms with Gasteiger partial charge >= 0.3 is 12.2 Å². The molecule has 3 N–H and O–H groups in total. The van der Waals surface area contributed by atoms with E-state index in [1.807, 2.05) is 0 Å². The zero-order chi connectivity index (χ0) is 19.3. The lowest BCUT2D eigenvalue weighted by Crippen LogP contribution is -2.36. The summed E-state index contributed by atoms with van der Waals surface area (Å²) >= 11 is 11.7. The first-order valence-electron chi connectivity index (χ1n) is 7.63. The van der Waals surface area contributed by atoms with Crippen LogP contribution in [-0.4, -0.2) is 19.1 Å². The molecule has 2 rings (SSSR count). The highest BCUT2D eigenvalue weighted by Gasteiger charge is 2.31. The number of nitrogens with one attached hydrogen (secondary N) is 1. The fraction of sp³-hybridized carbons (Fsp3) is 0.235. The van der Waals surface area contributed by atoms with Crippen molar-refractivity contribution >= 4 is 40.6 Å². The normalized spacial score (nSPS) is 11.3. The van der Waals surface area contributed by atoms with Crippen LogP contribution >= 0.6 is 23.2 Å². The first kappa shape index (κ1) is 20.4. The van der Waals surface area contributed by atoms with E-state index in [4.69, 9.17) is 28.9 Å². The molecule has 0 saturated heterocycles. The van der Waals surface area contributed by atoms with E-state index in [-0.39, 0.29) is 23.8 Å². The second-order valence-corrected chi connectivity index (χ2v) is 6.22. The van der Waals surface area contributed by atoms with Crippen molar-refractivity contribution in [2.75, 3.05) is 23.3 Å². The molecular weight excluding hydrogens is 390 g/mol. The molecule has 0 aromatic heterocycles. The first-order valence-corrected chi connectivity index (χ1v) is 8.39. The number of hydrogen-bond acceptors (Lipinski definition) is 2. The van der Waals surface area contributed by atoms with Gasteiger partial charge in [0.05, 0.1) is 15.6 Å². The summed E-state index contributed by atoms with van der Waals surface area (Å²) in [6.07, 6.45) is -4.08. The monoisotopic (exact) mass is 405 g/mol. The Morgan fingerprint density at radius 2 is 1.85 bits per heavy atom. The largest absolute Gasteiger partial charge is 0.416 e. The van der Waals surface area contributed by atoms with Crippen LogP contribution in [0, 0.1) is 0 Å². The minimum Gasteiger partial charge on any atom is -0.330 e. The van der Waals surface area contributed by atoms with Crippen LogP contribution in [0.3, 0.4) is 0 Å². The van der Waals surface area contributed by atoms with Gasteiger partial charge in [0.25, 0.3) is 0 Å². The maximum absolute atomic E-state index is 12.9. The summed E-state index contributed by atoms with van der Waals surface area (Å²) in [5.74, 6) is 0. The third-order valence-electron chi connectivity index (χ3n) is 3.49. The van der Waals surface area contributed by atoms with Crippen LogP contribution in [0.2, 0.25) is 10.0 Å². The highest BCUT2D eigenvalue weighted by molar-refractivity contribution is 6.42. The summed E-state index contributed by atoms with van der Waals surface area (Å²) in [6, 6.07) is 8.45. The van der Waals surface area contributed by atoms with Crippen LogP contribution in [0.1, 0.15) is 12.0 Å². The molecule has 2 amide bonds. The molecule has 2 aromatic rings. The van der Waals surface area contributed by atoms with Crippen LogP contribution in [0.4, 0.5) is 29.3 Å². The Morgan fingerprint density at radius 1 is 1.12 bits per heavy atom. The van der Waals surface area contributed by atoms with Crippen molar-refractivity contribution in [1.82, 2.24) is 0 Å². The topological polar surface area (TPSA) is 58.4 Å². The molecule has 0 saturated carbocycles. The quantitative estimate of drug-likeness (QED) is 0.699. The zero-order valence-corrected chi connectivity index (χ0v) is 15.0. The smallest absolute Gasteiger partial charge is 0.330 e. The number of urea groups is 1. The van der Waals surface area contributed by atoms with Gasteiger partial charge in [-0.25, -0.2) is 4.79 Å². The third-order valence-corrected chi connectivity index (χ3v) is 4.23. The second kappa shape index (κ2) is 8.62. The number of carbonyl (C=O) groups excluding carboxylic acids is 1. The number of anilines is 2. The van der Waals surface area contributed by atoms with Crippen LogP contribution in [-0.2, 0) is 6.18 Å². The Kier molecular flexibility index (Phi) is 6.75. The molecule has 0 atom stereocenters. The lowest BCUT2D eigenvalue weighted by molar-refractivity contribution is -0.137. The molecule has 0 bridgehead atoms. The summed E-state index contributed by atoms with van der Waals surface area (Å²) in [5, 5.41) is 3.17. The number of hydrogen-bond donors (Lipinski definition) is 2. The van der Waals surface area contributed by atoms with Crippen molar-refractivity contribution in [1.29, 1.82) is 0 Å². The zero-order valence-electron chi connectivity index (χ0n) is 13.5. The lowest BCUT2D eigenvalue weighted by atomic mass is 10.1. The number of halogens is 5. The summed E-state index contributed by atoms with van der Waals surface area (Å²) in [7, 11) is 0. The predicted octanol–water partition coefficient (Wildman–Crippen LogP) is 5.40. The second-order valence-electron chi connectivity index (χ2n) is 5.40. The van der Waals surface area contributed by atoms with Crippen molar-refractivity contribution in [3.63, 3.8) is 0 Å². The summed E-state index contributed by atoms with van der Waals surface area (Å²) < 4.78 is 38.8. The minimum atomic E-state index is -4.50. The van der Waals surface area contributed by atoms with Crippen LogP contribution in [0.5, 0.6) is 0 Å². The van der Waals surface area contributed by atoms with Gasteiger partial charge in [-0.05, 0) is 49.4 Å². The van der Waals surface area contributed by atoms with E-state index >= 15 is 0 Å². The molecule has 0 fully saturated rings. The number of carbonyl (C=O) groups is 1. The van der Waals surface area contributed by atoms with E-state index < -0.39 is 17.8 Å². The number of rotatable bonds is 5. The fourth-order valence-corrected chi connectivity index (χ4v) is 2.51. The fourth-order valence-electron chi connectivity index (χ4n) is 2.21. The van der Waals surface area contributed by atoms with Gasteiger partial charge in [0.1, 0.15) is 0 Å². The van der Waals surface area contributed by atoms with E-state index in [9.17, 15) is 18.0 Å². The molecule has 0 unspecified atom stereocenters. The van der Waals surface area contributed by atoms with Crippen molar-refractivity contribution in [2.24, 2.45) is 5.73 Å².